The van der Waals surface area contributed by atoms with E-state index in [1.165, 1.54) is 11.3 Å². The van der Waals surface area contributed by atoms with Crippen LogP contribution in [0.5, 0.6) is 0 Å². The molecule has 8 heteroatoms. The smallest absolute Gasteiger partial charge is 0.383 e. The van der Waals surface area contributed by atoms with Crippen LogP contribution in [0.25, 0.3) is 0 Å². The first-order valence-corrected chi connectivity index (χ1v) is 6.38. The average Bonchev–Trinajstić information content (AvgIpc) is 2.73. The van der Waals surface area contributed by atoms with Crippen LogP contribution in [0.15, 0.2) is 17.6 Å². The van der Waals surface area contributed by atoms with E-state index in [4.69, 9.17) is 11.6 Å². The molecule has 1 N–H and O–H groups in total. The van der Waals surface area contributed by atoms with E-state index in [9.17, 15) is 18.3 Å². The minimum absolute atomic E-state index is 0.127. The van der Waals surface area contributed by atoms with Crippen molar-refractivity contribution in [3.05, 3.63) is 44.6 Å². The number of pyridine rings is 1. The van der Waals surface area contributed by atoms with Crippen molar-refractivity contribution in [1.29, 1.82) is 0 Å². The number of halogens is 4. The third-order valence-electron chi connectivity index (χ3n) is 2.49. The molecule has 19 heavy (non-hydrogen) atoms. The monoisotopic (exact) mass is 308 g/mol. The van der Waals surface area contributed by atoms with Gasteiger partial charge in [-0.3, -0.25) is 0 Å². The molecule has 2 aromatic heterocycles. The van der Waals surface area contributed by atoms with Crippen LogP contribution < -0.4 is 0 Å². The first-order chi connectivity index (χ1) is 8.80. The molecule has 0 amide bonds. The van der Waals surface area contributed by atoms with Crippen LogP contribution in [0.4, 0.5) is 13.2 Å². The molecule has 1 atom stereocenters. The Morgan fingerprint density at radius 1 is 1.37 bits per heavy atom. The van der Waals surface area contributed by atoms with Crippen LogP contribution in [0, 0.1) is 6.92 Å². The van der Waals surface area contributed by atoms with Crippen LogP contribution in [0.1, 0.15) is 27.9 Å². The zero-order valence-electron chi connectivity index (χ0n) is 9.57. The maximum Gasteiger partial charge on any atom is 0.433 e. The van der Waals surface area contributed by atoms with E-state index in [0.29, 0.717) is 10.6 Å². The Kier molecular flexibility index (Phi) is 3.80. The fourth-order valence-electron chi connectivity index (χ4n) is 1.52. The average molecular weight is 309 g/mol. The SMILES string of the molecule is Cc1ncsc1C(O)c1ccc(C(F)(F)F)nc1Cl. The maximum absolute atomic E-state index is 12.4. The molecule has 2 rings (SSSR count). The molecule has 0 saturated heterocycles. The summed E-state index contributed by atoms with van der Waals surface area (Å²) in [5.41, 5.74) is 1.18. The van der Waals surface area contributed by atoms with Crippen molar-refractivity contribution in [2.75, 3.05) is 0 Å². The lowest BCUT2D eigenvalue weighted by Gasteiger charge is -2.13. The van der Waals surface area contributed by atoms with Gasteiger partial charge >= 0.3 is 6.18 Å². The highest BCUT2D eigenvalue weighted by Gasteiger charge is 2.33. The molecule has 0 spiro atoms. The van der Waals surface area contributed by atoms with Crippen molar-refractivity contribution in [3.8, 4) is 0 Å². The van der Waals surface area contributed by atoms with Crippen LogP contribution in [0.2, 0.25) is 5.15 Å². The quantitative estimate of drug-likeness (QED) is 0.862. The summed E-state index contributed by atoms with van der Waals surface area (Å²) in [6.07, 6.45) is -5.69. The zero-order valence-corrected chi connectivity index (χ0v) is 11.1. The highest BCUT2D eigenvalue weighted by atomic mass is 35.5. The van der Waals surface area contributed by atoms with Crippen molar-refractivity contribution in [2.45, 2.75) is 19.2 Å². The highest BCUT2D eigenvalue weighted by Crippen LogP contribution is 2.34. The number of nitrogens with zero attached hydrogens (tertiary/aromatic N) is 2. The first-order valence-electron chi connectivity index (χ1n) is 5.12. The molecule has 2 heterocycles. The molecule has 0 saturated carbocycles. The molecule has 0 radical (unpaired) electrons. The standard InChI is InChI=1S/C11H8ClF3N2OS/c1-5-9(19-4-16-5)8(18)6-2-3-7(11(13,14)15)17-10(6)12/h2-4,8,18H,1H3. The molecule has 1 unspecified atom stereocenters. The van der Waals surface area contributed by atoms with Gasteiger partial charge in [0.2, 0.25) is 0 Å². The predicted octanol–water partition coefficient (Wildman–Crippen LogP) is 3.60. The van der Waals surface area contributed by atoms with Crippen molar-refractivity contribution in [1.82, 2.24) is 9.97 Å². The van der Waals surface area contributed by atoms with Gasteiger partial charge in [-0.05, 0) is 13.0 Å². The third kappa shape index (κ3) is 2.88. The van der Waals surface area contributed by atoms with Crippen molar-refractivity contribution < 1.29 is 18.3 Å². The molecule has 0 aromatic carbocycles. The lowest BCUT2D eigenvalue weighted by atomic mass is 10.1. The van der Waals surface area contributed by atoms with Gasteiger partial charge < -0.3 is 5.11 Å². The first kappa shape index (κ1) is 14.2. The summed E-state index contributed by atoms with van der Waals surface area (Å²) in [6.45, 7) is 1.69. The summed E-state index contributed by atoms with van der Waals surface area (Å²) in [5.74, 6) is 0. The van der Waals surface area contributed by atoms with Gasteiger partial charge in [-0.25, -0.2) is 9.97 Å². The molecule has 0 fully saturated rings. The van der Waals surface area contributed by atoms with E-state index in [2.05, 4.69) is 9.97 Å². The summed E-state index contributed by atoms with van der Waals surface area (Å²) < 4.78 is 37.3. The molecule has 2 aromatic rings. The van der Waals surface area contributed by atoms with Crippen molar-refractivity contribution in [3.63, 3.8) is 0 Å². The fourth-order valence-corrected chi connectivity index (χ4v) is 2.58. The van der Waals surface area contributed by atoms with Gasteiger partial charge in [-0.15, -0.1) is 11.3 Å². The minimum atomic E-state index is -4.56. The Balaban J connectivity index is 2.39. The Morgan fingerprint density at radius 2 is 2.05 bits per heavy atom. The fraction of sp³-hybridized carbons (Fsp3) is 0.273. The van der Waals surface area contributed by atoms with Gasteiger partial charge in [0.25, 0.3) is 0 Å². The number of aryl methyl sites for hydroxylation is 1. The largest absolute Gasteiger partial charge is 0.433 e. The second-order valence-electron chi connectivity index (χ2n) is 3.78. The number of hydrogen-bond acceptors (Lipinski definition) is 4. The van der Waals surface area contributed by atoms with Gasteiger partial charge in [0.05, 0.1) is 16.1 Å². The van der Waals surface area contributed by atoms with E-state index < -0.39 is 18.0 Å². The number of hydrogen-bond donors (Lipinski definition) is 1. The van der Waals surface area contributed by atoms with Crippen molar-refractivity contribution >= 4 is 22.9 Å². The number of aliphatic hydroxyl groups excluding tert-OH is 1. The molecule has 0 aliphatic carbocycles. The minimum Gasteiger partial charge on any atom is -0.383 e. The van der Waals surface area contributed by atoms with Gasteiger partial charge in [0, 0.05) is 5.56 Å². The summed E-state index contributed by atoms with van der Waals surface area (Å²) in [5, 5.41) is 9.74. The van der Waals surface area contributed by atoms with Crippen LogP contribution in [-0.2, 0) is 6.18 Å². The van der Waals surface area contributed by atoms with E-state index in [1.807, 2.05) is 0 Å². The molecule has 0 bridgehead atoms. The van der Waals surface area contributed by atoms with E-state index in [0.717, 1.165) is 12.1 Å². The number of aliphatic hydroxyl groups is 1. The summed E-state index contributed by atoms with van der Waals surface area (Å²) in [4.78, 5) is 7.77. The van der Waals surface area contributed by atoms with Gasteiger partial charge in [-0.2, -0.15) is 13.2 Å². The molecular formula is C11H8ClF3N2OS. The normalized spacial score (nSPS) is 13.6. The molecule has 102 valence electrons. The molecule has 3 nitrogen and oxygen atoms in total. The van der Waals surface area contributed by atoms with Gasteiger partial charge in [0.15, 0.2) is 0 Å². The molecule has 0 aliphatic heterocycles. The maximum atomic E-state index is 12.4. The summed E-state index contributed by atoms with van der Waals surface area (Å²) >= 11 is 6.91. The Labute approximate surface area is 115 Å². The molecular weight excluding hydrogens is 301 g/mol. The van der Waals surface area contributed by atoms with E-state index in [1.54, 1.807) is 12.4 Å². The Morgan fingerprint density at radius 3 is 2.53 bits per heavy atom. The summed E-state index contributed by atoms with van der Waals surface area (Å²) in [7, 11) is 0. The van der Waals surface area contributed by atoms with Crippen LogP contribution >= 0.6 is 22.9 Å². The van der Waals surface area contributed by atoms with Crippen LogP contribution in [0.3, 0.4) is 0 Å². The zero-order chi connectivity index (χ0) is 14.2. The number of thiazole rings is 1. The topological polar surface area (TPSA) is 46.0 Å². The number of alkyl halides is 3. The summed E-state index contributed by atoms with van der Waals surface area (Å²) in [6, 6.07) is 1.92. The second kappa shape index (κ2) is 5.07. The van der Waals surface area contributed by atoms with Crippen molar-refractivity contribution in [2.24, 2.45) is 0 Å². The number of aromatic nitrogens is 2. The van der Waals surface area contributed by atoms with E-state index in [-0.39, 0.29) is 10.7 Å². The van der Waals surface area contributed by atoms with E-state index >= 15 is 0 Å². The van der Waals surface area contributed by atoms with Gasteiger partial charge in [-0.1, -0.05) is 17.7 Å². The third-order valence-corrected chi connectivity index (χ3v) is 3.78. The lowest BCUT2D eigenvalue weighted by molar-refractivity contribution is -0.141. The highest BCUT2D eigenvalue weighted by molar-refractivity contribution is 7.09. The second-order valence-corrected chi connectivity index (χ2v) is 5.02. The Hall–Kier alpha value is -1.18. The predicted molar refractivity (Wildman–Crippen MR) is 65.2 cm³/mol. The number of rotatable bonds is 2. The Bertz CT molecular complexity index is 600. The lowest BCUT2D eigenvalue weighted by Crippen LogP contribution is -2.10. The van der Waals surface area contributed by atoms with Crippen LogP contribution in [-0.4, -0.2) is 15.1 Å². The molecule has 0 aliphatic rings. The van der Waals surface area contributed by atoms with Gasteiger partial charge in [0.1, 0.15) is 17.0 Å².